The lowest BCUT2D eigenvalue weighted by atomic mass is 9.80. The second-order valence-electron chi connectivity index (χ2n) is 6.28. The molecule has 0 bridgehead atoms. The third-order valence-electron chi connectivity index (χ3n) is 4.87. The van der Waals surface area contributed by atoms with E-state index in [0.717, 1.165) is 19.3 Å². The number of likely N-dealkylation sites (tertiary alicyclic amines) is 1. The number of hydrogen-bond acceptors (Lipinski definition) is 4. The van der Waals surface area contributed by atoms with E-state index in [-0.39, 0.29) is 29.9 Å². The first-order chi connectivity index (χ1) is 11.6. The van der Waals surface area contributed by atoms with Gasteiger partial charge in [0.05, 0.1) is 12.5 Å². The zero-order valence-electron chi connectivity index (χ0n) is 13.7. The van der Waals surface area contributed by atoms with E-state index in [0.29, 0.717) is 22.8 Å². The Kier molecular flexibility index (Phi) is 5.63. The number of para-hydroxylation sites is 1. The Bertz CT molecular complexity index is 594. The van der Waals surface area contributed by atoms with Crippen molar-refractivity contribution in [3.05, 3.63) is 30.3 Å². The lowest BCUT2D eigenvalue weighted by Gasteiger charge is -2.34. The molecular formula is C18H22INO4. The molecule has 0 radical (unpaired) electrons. The van der Waals surface area contributed by atoms with Crippen LogP contribution in [0.4, 0.5) is 4.79 Å². The van der Waals surface area contributed by atoms with Crippen LogP contribution in [0.2, 0.25) is 0 Å². The maximum Gasteiger partial charge on any atom is 0.415 e. The summed E-state index contributed by atoms with van der Waals surface area (Å²) in [7, 11) is 0. The van der Waals surface area contributed by atoms with Gasteiger partial charge in [0.1, 0.15) is 5.75 Å². The van der Waals surface area contributed by atoms with Gasteiger partial charge in [-0.3, -0.25) is 4.79 Å². The molecule has 1 aliphatic heterocycles. The fourth-order valence-electron chi connectivity index (χ4n) is 3.84. The molecule has 1 saturated carbocycles. The maximum atomic E-state index is 12.7. The monoisotopic (exact) mass is 443 g/mol. The largest absolute Gasteiger partial charge is 0.466 e. The van der Waals surface area contributed by atoms with Crippen LogP contribution in [0.1, 0.15) is 26.2 Å². The SMILES string of the molecule is CCOC(=O)C1CN(C(=O)Oc2ccccc2)C2CCCC(I)C12. The van der Waals surface area contributed by atoms with Crippen LogP contribution in [0, 0.1) is 11.8 Å². The molecule has 1 saturated heterocycles. The molecule has 0 aromatic heterocycles. The second-order valence-corrected chi connectivity index (χ2v) is 7.88. The molecule has 1 aromatic carbocycles. The summed E-state index contributed by atoms with van der Waals surface area (Å²) in [5, 5.41) is 0. The number of rotatable bonds is 3. The first-order valence-corrected chi connectivity index (χ1v) is 9.70. The van der Waals surface area contributed by atoms with Gasteiger partial charge in [0.15, 0.2) is 0 Å². The zero-order valence-corrected chi connectivity index (χ0v) is 15.8. The number of ether oxygens (including phenoxy) is 2. The Morgan fingerprint density at radius 3 is 2.71 bits per heavy atom. The summed E-state index contributed by atoms with van der Waals surface area (Å²) in [6, 6.07) is 9.12. The molecule has 3 rings (SSSR count). The molecule has 1 aromatic rings. The van der Waals surface area contributed by atoms with Gasteiger partial charge >= 0.3 is 12.1 Å². The van der Waals surface area contributed by atoms with Crippen LogP contribution in [0.15, 0.2) is 30.3 Å². The highest BCUT2D eigenvalue weighted by Crippen LogP contribution is 2.44. The Labute approximate surface area is 155 Å². The van der Waals surface area contributed by atoms with Gasteiger partial charge in [-0.1, -0.05) is 47.2 Å². The summed E-state index contributed by atoms with van der Waals surface area (Å²) in [5.74, 6) is 0.244. The third kappa shape index (κ3) is 3.53. The smallest absolute Gasteiger partial charge is 0.415 e. The molecule has 0 spiro atoms. The molecule has 4 unspecified atom stereocenters. The lowest BCUT2D eigenvalue weighted by Crippen LogP contribution is -2.43. The number of alkyl halides is 1. The molecule has 0 N–H and O–H groups in total. The summed E-state index contributed by atoms with van der Waals surface area (Å²) in [4.78, 5) is 26.8. The van der Waals surface area contributed by atoms with Crippen molar-refractivity contribution in [1.82, 2.24) is 4.90 Å². The second kappa shape index (κ2) is 7.72. The number of fused-ring (bicyclic) bond motifs is 1. The molecule has 130 valence electrons. The Balaban J connectivity index is 1.77. The van der Waals surface area contributed by atoms with E-state index < -0.39 is 0 Å². The molecule has 5 nitrogen and oxygen atoms in total. The fourth-order valence-corrected chi connectivity index (χ4v) is 5.26. The molecule has 2 aliphatic rings. The normalized spacial score (nSPS) is 29.0. The molecule has 4 atom stereocenters. The number of esters is 1. The Morgan fingerprint density at radius 2 is 2.00 bits per heavy atom. The van der Waals surface area contributed by atoms with Crippen molar-refractivity contribution >= 4 is 34.7 Å². The molecule has 1 heterocycles. The predicted octanol–water partition coefficient (Wildman–Crippen LogP) is 3.65. The van der Waals surface area contributed by atoms with E-state index in [1.165, 1.54) is 0 Å². The molecule has 24 heavy (non-hydrogen) atoms. The van der Waals surface area contributed by atoms with E-state index in [4.69, 9.17) is 9.47 Å². The number of hydrogen-bond donors (Lipinski definition) is 0. The minimum Gasteiger partial charge on any atom is -0.466 e. The number of carbonyl (C=O) groups is 2. The number of benzene rings is 1. The standard InChI is InChI=1S/C18H22INO4/c1-2-23-17(21)13-11-20(15-10-6-9-14(19)16(13)15)18(22)24-12-7-4-3-5-8-12/h3-5,7-8,13-16H,2,6,9-11H2,1H3. The van der Waals surface area contributed by atoms with Crippen molar-refractivity contribution in [2.24, 2.45) is 11.8 Å². The highest BCUT2D eigenvalue weighted by atomic mass is 127. The molecule has 1 amide bonds. The molecule has 2 fully saturated rings. The van der Waals surface area contributed by atoms with Crippen molar-refractivity contribution in [2.75, 3.05) is 13.2 Å². The minimum absolute atomic E-state index is 0.0614. The summed E-state index contributed by atoms with van der Waals surface area (Å²) in [6.45, 7) is 2.57. The Morgan fingerprint density at radius 1 is 1.25 bits per heavy atom. The van der Waals surface area contributed by atoms with Crippen LogP contribution in [0.25, 0.3) is 0 Å². The summed E-state index contributed by atoms with van der Waals surface area (Å²) >= 11 is 2.42. The molecule has 6 heteroatoms. The van der Waals surface area contributed by atoms with Crippen molar-refractivity contribution in [3.63, 3.8) is 0 Å². The minimum atomic E-state index is -0.367. The Hall–Kier alpha value is -1.31. The topological polar surface area (TPSA) is 55.8 Å². The van der Waals surface area contributed by atoms with Gasteiger partial charge in [0.2, 0.25) is 0 Å². The average Bonchev–Trinajstić information content (AvgIpc) is 2.97. The molecular weight excluding hydrogens is 421 g/mol. The number of nitrogens with zero attached hydrogens (tertiary/aromatic N) is 1. The highest BCUT2D eigenvalue weighted by molar-refractivity contribution is 14.1. The fraction of sp³-hybridized carbons (Fsp3) is 0.556. The van der Waals surface area contributed by atoms with Gasteiger partial charge in [-0.15, -0.1) is 0 Å². The van der Waals surface area contributed by atoms with Crippen LogP contribution in [-0.4, -0.2) is 40.1 Å². The first kappa shape index (κ1) is 17.5. The van der Waals surface area contributed by atoms with Crippen LogP contribution in [-0.2, 0) is 9.53 Å². The number of carbonyl (C=O) groups excluding carboxylic acids is 2. The number of halogens is 1. The summed E-state index contributed by atoms with van der Waals surface area (Å²) in [5.41, 5.74) is 0. The summed E-state index contributed by atoms with van der Waals surface area (Å²) in [6.07, 6.45) is 2.70. The first-order valence-electron chi connectivity index (χ1n) is 8.46. The zero-order chi connectivity index (χ0) is 17.1. The van der Waals surface area contributed by atoms with E-state index >= 15 is 0 Å². The van der Waals surface area contributed by atoms with E-state index in [1.807, 2.05) is 25.1 Å². The number of amides is 1. The third-order valence-corrected chi connectivity index (χ3v) is 6.33. The highest BCUT2D eigenvalue weighted by Gasteiger charge is 2.52. The average molecular weight is 443 g/mol. The van der Waals surface area contributed by atoms with Gasteiger partial charge in [-0.2, -0.15) is 0 Å². The summed E-state index contributed by atoms with van der Waals surface area (Å²) < 4.78 is 11.1. The van der Waals surface area contributed by atoms with E-state index in [2.05, 4.69) is 22.6 Å². The van der Waals surface area contributed by atoms with Gasteiger partial charge in [-0.05, 0) is 31.9 Å². The quantitative estimate of drug-likeness (QED) is 0.407. The van der Waals surface area contributed by atoms with Gasteiger partial charge in [0, 0.05) is 22.4 Å². The van der Waals surface area contributed by atoms with Crippen LogP contribution >= 0.6 is 22.6 Å². The van der Waals surface area contributed by atoms with Crippen LogP contribution in [0.5, 0.6) is 5.75 Å². The van der Waals surface area contributed by atoms with E-state index in [1.54, 1.807) is 17.0 Å². The van der Waals surface area contributed by atoms with E-state index in [9.17, 15) is 9.59 Å². The predicted molar refractivity (Wildman–Crippen MR) is 98.2 cm³/mol. The van der Waals surface area contributed by atoms with Gasteiger partial charge < -0.3 is 14.4 Å². The van der Waals surface area contributed by atoms with Crippen molar-refractivity contribution in [2.45, 2.75) is 36.2 Å². The van der Waals surface area contributed by atoms with Crippen LogP contribution < -0.4 is 4.74 Å². The van der Waals surface area contributed by atoms with Crippen molar-refractivity contribution in [3.8, 4) is 5.75 Å². The maximum absolute atomic E-state index is 12.7. The van der Waals surface area contributed by atoms with Gasteiger partial charge in [0.25, 0.3) is 0 Å². The van der Waals surface area contributed by atoms with Gasteiger partial charge in [-0.25, -0.2) is 4.79 Å². The van der Waals surface area contributed by atoms with Crippen molar-refractivity contribution in [1.29, 1.82) is 0 Å². The lowest BCUT2D eigenvalue weighted by molar-refractivity contribution is -0.149. The van der Waals surface area contributed by atoms with Crippen LogP contribution in [0.3, 0.4) is 0 Å². The molecule has 1 aliphatic carbocycles. The van der Waals surface area contributed by atoms with Crippen molar-refractivity contribution < 1.29 is 19.1 Å².